The molecule has 0 radical (unpaired) electrons. The molecule has 1 aromatic rings. The molecule has 138 valence electrons. The first-order valence-corrected chi connectivity index (χ1v) is 9.59. The van der Waals surface area contributed by atoms with Crippen molar-refractivity contribution in [3.05, 3.63) is 35.9 Å². The Morgan fingerprint density at radius 1 is 1.16 bits per heavy atom. The first-order chi connectivity index (χ1) is 12.3. The summed E-state index contributed by atoms with van der Waals surface area (Å²) in [6, 6.07) is 10.0. The monoisotopic (exact) mass is 346 g/mol. The summed E-state index contributed by atoms with van der Waals surface area (Å²) in [4.78, 5) is 20.2. The van der Waals surface area contributed by atoms with Gasteiger partial charge in [0, 0.05) is 13.1 Å². The molecule has 0 bridgehead atoms. The second-order valence-corrected chi connectivity index (χ2v) is 7.35. The maximum atomic E-state index is 12.7. The van der Waals surface area contributed by atoms with Crippen LogP contribution in [0.1, 0.15) is 44.1 Å². The zero-order valence-corrected chi connectivity index (χ0v) is 14.9. The second kappa shape index (κ2) is 9.32. The minimum absolute atomic E-state index is 0.00434. The predicted molar refractivity (Wildman–Crippen MR) is 96.5 cm³/mol. The lowest BCUT2D eigenvalue weighted by atomic mass is 9.81. The van der Waals surface area contributed by atoms with Gasteiger partial charge in [-0.25, -0.2) is 0 Å². The van der Waals surface area contributed by atoms with Gasteiger partial charge in [0.15, 0.2) is 0 Å². The number of hydroxylamine groups is 1. The molecule has 5 nitrogen and oxygen atoms in total. The van der Waals surface area contributed by atoms with Crippen LogP contribution in [0.2, 0.25) is 0 Å². The van der Waals surface area contributed by atoms with E-state index in [-0.39, 0.29) is 24.5 Å². The fraction of sp³-hybridized carbons (Fsp3) is 0.650. The topological polar surface area (TPSA) is 61.8 Å². The predicted octanol–water partition coefficient (Wildman–Crippen LogP) is 2.50. The zero-order chi connectivity index (χ0) is 17.5. The molecule has 1 saturated heterocycles. The molecule has 1 aliphatic heterocycles. The van der Waals surface area contributed by atoms with Crippen LogP contribution in [-0.2, 0) is 16.2 Å². The second-order valence-electron chi connectivity index (χ2n) is 7.35. The van der Waals surface area contributed by atoms with E-state index in [1.165, 1.54) is 32.1 Å². The van der Waals surface area contributed by atoms with Crippen LogP contribution in [0.15, 0.2) is 30.3 Å². The average molecular weight is 346 g/mol. The number of nitrogens with zero attached hydrogens (tertiary/aromatic N) is 1. The van der Waals surface area contributed by atoms with Gasteiger partial charge in [0.1, 0.15) is 0 Å². The summed E-state index contributed by atoms with van der Waals surface area (Å²) < 4.78 is 0. The van der Waals surface area contributed by atoms with Gasteiger partial charge in [-0.2, -0.15) is 5.48 Å². The summed E-state index contributed by atoms with van der Waals surface area (Å²) in [5, 5.41) is 9.22. The Kier molecular flexibility index (Phi) is 6.84. The Morgan fingerprint density at radius 3 is 2.64 bits per heavy atom. The average Bonchev–Trinajstić information content (AvgIpc) is 2.93. The van der Waals surface area contributed by atoms with Crippen LogP contribution in [0.3, 0.4) is 0 Å². The molecule has 1 aliphatic carbocycles. The minimum atomic E-state index is -0.0366. The van der Waals surface area contributed by atoms with Crippen molar-refractivity contribution >= 4 is 5.91 Å². The van der Waals surface area contributed by atoms with Crippen molar-refractivity contribution in [3.8, 4) is 0 Å². The third-order valence-electron chi connectivity index (χ3n) is 5.53. The molecular weight excluding hydrogens is 316 g/mol. The molecule has 5 heteroatoms. The van der Waals surface area contributed by atoms with Crippen LogP contribution >= 0.6 is 0 Å². The normalized spacial score (nSPS) is 24.8. The highest BCUT2D eigenvalue weighted by molar-refractivity contribution is 5.82. The Morgan fingerprint density at radius 2 is 1.92 bits per heavy atom. The van der Waals surface area contributed by atoms with Gasteiger partial charge in [-0.1, -0.05) is 62.4 Å². The first-order valence-electron chi connectivity index (χ1n) is 9.59. The molecule has 2 aliphatic rings. The SMILES string of the molecule is O=C1[C@@H](CC2CCCCC2)[C@@H](NOCc2ccccc2)CN1CCO. The number of hydrogen-bond acceptors (Lipinski definition) is 4. The summed E-state index contributed by atoms with van der Waals surface area (Å²) in [6.45, 7) is 1.53. The zero-order valence-electron chi connectivity index (χ0n) is 14.9. The molecule has 0 spiro atoms. The maximum Gasteiger partial charge on any atom is 0.227 e. The van der Waals surface area contributed by atoms with Crippen molar-refractivity contribution in [1.29, 1.82) is 0 Å². The number of hydrogen-bond donors (Lipinski definition) is 2. The molecule has 2 fully saturated rings. The van der Waals surface area contributed by atoms with Crippen LogP contribution in [0.25, 0.3) is 0 Å². The smallest absolute Gasteiger partial charge is 0.227 e. The molecule has 1 aromatic carbocycles. The highest BCUT2D eigenvalue weighted by atomic mass is 16.6. The van der Waals surface area contributed by atoms with Gasteiger partial charge in [0.2, 0.25) is 5.91 Å². The number of carbonyl (C=O) groups is 1. The summed E-state index contributed by atoms with van der Waals surface area (Å²) in [5.41, 5.74) is 4.25. The number of benzene rings is 1. The highest BCUT2D eigenvalue weighted by Gasteiger charge is 2.41. The van der Waals surface area contributed by atoms with E-state index < -0.39 is 0 Å². The Hall–Kier alpha value is -1.43. The highest BCUT2D eigenvalue weighted by Crippen LogP contribution is 2.33. The van der Waals surface area contributed by atoms with E-state index in [9.17, 15) is 9.90 Å². The fourth-order valence-electron chi connectivity index (χ4n) is 4.16. The molecule has 1 heterocycles. The van der Waals surface area contributed by atoms with Crippen LogP contribution in [0.4, 0.5) is 0 Å². The molecule has 2 atom stereocenters. The number of aliphatic hydroxyl groups is 1. The number of β-amino-alcohol motifs (C(OH)–C–C–N with tert-alkyl or cyclic N) is 1. The molecule has 3 rings (SSSR count). The van der Waals surface area contributed by atoms with Crippen molar-refractivity contribution in [2.75, 3.05) is 19.7 Å². The van der Waals surface area contributed by atoms with Crippen LogP contribution < -0.4 is 5.48 Å². The van der Waals surface area contributed by atoms with Gasteiger partial charge in [-0.3, -0.25) is 9.63 Å². The van der Waals surface area contributed by atoms with E-state index in [0.29, 0.717) is 25.6 Å². The van der Waals surface area contributed by atoms with Crippen molar-refractivity contribution in [2.24, 2.45) is 11.8 Å². The van der Waals surface area contributed by atoms with E-state index in [4.69, 9.17) is 4.84 Å². The van der Waals surface area contributed by atoms with Crippen molar-refractivity contribution in [2.45, 2.75) is 51.2 Å². The van der Waals surface area contributed by atoms with E-state index in [0.717, 1.165) is 12.0 Å². The van der Waals surface area contributed by atoms with Gasteiger partial charge < -0.3 is 10.0 Å². The molecule has 0 aromatic heterocycles. The lowest BCUT2D eigenvalue weighted by molar-refractivity contribution is -0.132. The van der Waals surface area contributed by atoms with E-state index >= 15 is 0 Å². The third kappa shape index (κ3) is 5.03. The fourth-order valence-corrected chi connectivity index (χ4v) is 4.16. The van der Waals surface area contributed by atoms with Gasteiger partial charge in [0.25, 0.3) is 0 Å². The number of likely N-dealkylation sites (tertiary alicyclic amines) is 1. The van der Waals surface area contributed by atoms with Crippen LogP contribution in [-0.4, -0.2) is 41.7 Å². The molecular formula is C20H30N2O3. The Balaban J connectivity index is 1.56. The van der Waals surface area contributed by atoms with E-state index in [1.807, 2.05) is 30.3 Å². The van der Waals surface area contributed by atoms with E-state index in [1.54, 1.807) is 4.90 Å². The van der Waals surface area contributed by atoms with Gasteiger partial charge in [0.05, 0.1) is 25.2 Å². The molecule has 25 heavy (non-hydrogen) atoms. The quantitative estimate of drug-likeness (QED) is 0.710. The van der Waals surface area contributed by atoms with Crippen molar-refractivity contribution in [3.63, 3.8) is 0 Å². The van der Waals surface area contributed by atoms with Crippen molar-refractivity contribution < 1.29 is 14.7 Å². The van der Waals surface area contributed by atoms with Gasteiger partial charge in [-0.15, -0.1) is 0 Å². The summed E-state index contributed by atoms with van der Waals surface area (Å²) in [7, 11) is 0. The van der Waals surface area contributed by atoms with E-state index in [2.05, 4.69) is 5.48 Å². The van der Waals surface area contributed by atoms with Gasteiger partial charge in [-0.05, 0) is 17.9 Å². The largest absolute Gasteiger partial charge is 0.395 e. The van der Waals surface area contributed by atoms with Crippen molar-refractivity contribution in [1.82, 2.24) is 10.4 Å². The first kappa shape index (κ1) is 18.4. The number of aliphatic hydroxyl groups excluding tert-OH is 1. The minimum Gasteiger partial charge on any atom is -0.395 e. The molecule has 0 unspecified atom stereocenters. The molecule has 1 saturated carbocycles. The number of amides is 1. The summed E-state index contributed by atoms with van der Waals surface area (Å²) in [5.74, 6) is 0.779. The van der Waals surface area contributed by atoms with Crippen LogP contribution in [0, 0.1) is 11.8 Å². The molecule has 2 N–H and O–H groups in total. The lowest BCUT2D eigenvalue weighted by Gasteiger charge is -2.26. The number of rotatable bonds is 8. The number of carbonyl (C=O) groups excluding carboxylic acids is 1. The standard InChI is InChI=1S/C20H30N2O3/c23-12-11-22-14-19(21-25-15-17-9-5-2-6-10-17)18(20(22)24)13-16-7-3-1-4-8-16/h2,5-6,9-10,16,18-19,21,23H,1,3-4,7-8,11-15H2/t18-,19-/m0/s1. The Labute approximate surface area is 150 Å². The summed E-state index contributed by atoms with van der Waals surface area (Å²) in [6.07, 6.45) is 7.31. The lowest BCUT2D eigenvalue weighted by Crippen LogP contribution is -2.37. The Bertz CT molecular complexity index is 531. The number of nitrogens with one attached hydrogen (secondary N) is 1. The maximum absolute atomic E-state index is 12.7. The van der Waals surface area contributed by atoms with Gasteiger partial charge >= 0.3 is 0 Å². The molecule has 1 amide bonds. The summed E-state index contributed by atoms with van der Waals surface area (Å²) >= 11 is 0. The third-order valence-corrected chi connectivity index (χ3v) is 5.53. The van der Waals surface area contributed by atoms with Crippen LogP contribution in [0.5, 0.6) is 0 Å².